The second-order valence-electron chi connectivity index (χ2n) is 11.9. The Morgan fingerprint density at radius 2 is 2.11 bits per heavy atom. The van der Waals surface area contributed by atoms with Crippen LogP contribution in [-0.4, -0.2) is 51.4 Å². The first-order valence-electron chi connectivity index (χ1n) is 13.6. The first-order valence-corrected chi connectivity index (χ1v) is 14.0. The Morgan fingerprint density at radius 3 is 2.84 bits per heavy atom. The lowest BCUT2D eigenvalue weighted by molar-refractivity contribution is -0.238. The lowest BCUT2D eigenvalue weighted by Crippen LogP contribution is -2.70. The van der Waals surface area contributed by atoms with Crippen LogP contribution in [0.5, 0.6) is 0 Å². The van der Waals surface area contributed by atoms with Crippen molar-refractivity contribution in [2.75, 3.05) is 0 Å². The lowest BCUT2D eigenvalue weighted by atomic mass is 9.45. The van der Waals surface area contributed by atoms with Gasteiger partial charge >= 0.3 is 5.97 Å². The van der Waals surface area contributed by atoms with E-state index < -0.39 is 52.5 Å². The largest absolute Gasteiger partial charge is 0.390 e. The molecule has 0 unspecified atom stereocenters. The summed E-state index contributed by atoms with van der Waals surface area (Å²) in [6.07, 6.45) is 6.27. The van der Waals surface area contributed by atoms with Crippen LogP contribution in [0, 0.1) is 27.3 Å². The number of allylic oxidation sites excluding steroid dienone is 4. The Hall–Kier alpha value is -2.20. The fraction of sp³-hybridized carbons (Fsp3) is 0.621. The first kappa shape index (κ1) is 26.0. The number of halogens is 1. The van der Waals surface area contributed by atoms with Gasteiger partial charge in [-0.15, -0.1) is 0 Å². The van der Waals surface area contributed by atoms with Crippen molar-refractivity contribution in [1.82, 2.24) is 4.73 Å². The molecule has 9 heteroatoms. The van der Waals surface area contributed by atoms with Crippen molar-refractivity contribution in [1.29, 1.82) is 0 Å². The van der Waals surface area contributed by atoms with Crippen LogP contribution in [0.4, 0.5) is 4.39 Å². The molecule has 38 heavy (non-hydrogen) atoms. The molecule has 4 fully saturated rings. The summed E-state index contributed by atoms with van der Waals surface area (Å²) >= 11 is 5.34. The number of ether oxygens (including phenoxy) is 2. The number of hydrogen-bond acceptors (Lipinski definition) is 7. The maximum atomic E-state index is 17.5. The predicted molar refractivity (Wildman–Crippen MR) is 138 cm³/mol. The molecule has 1 aromatic heterocycles. The van der Waals surface area contributed by atoms with Gasteiger partial charge in [-0.2, -0.15) is 4.73 Å². The van der Waals surface area contributed by atoms with Crippen LogP contribution in [0.2, 0.25) is 0 Å². The van der Waals surface area contributed by atoms with E-state index >= 15 is 4.39 Å². The Labute approximate surface area is 226 Å². The summed E-state index contributed by atoms with van der Waals surface area (Å²) in [6, 6.07) is 5.12. The number of alkyl halides is 1. The summed E-state index contributed by atoms with van der Waals surface area (Å²) in [7, 11) is 0. The van der Waals surface area contributed by atoms with Crippen molar-refractivity contribution >= 4 is 24.0 Å². The second-order valence-corrected chi connectivity index (χ2v) is 12.4. The van der Waals surface area contributed by atoms with Gasteiger partial charge in [0.2, 0.25) is 5.60 Å². The smallest absolute Gasteiger partial charge is 0.367 e. The van der Waals surface area contributed by atoms with Gasteiger partial charge in [0.1, 0.15) is 10.7 Å². The highest BCUT2D eigenvalue weighted by molar-refractivity contribution is 7.71. The zero-order chi connectivity index (χ0) is 27.1. The number of fused-ring (bicyclic) bond motifs is 7. The van der Waals surface area contributed by atoms with Gasteiger partial charge in [0.05, 0.1) is 6.10 Å². The van der Waals surface area contributed by atoms with Crippen LogP contribution in [0.1, 0.15) is 59.3 Å². The van der Waals surface area contributed by atoms with Crippen LogP contribution >= 0.6 is 12.2 Å². The number of rotatable bonds is 4. The molecule has 0 spiro atoms. The minimum absolute atomic E-state index is 0.0106. The van der Waals surface area contributed by atoms with E-state index in [1.165, 1.54) is 16.9 Å². The molecular weight excluding hydrogens is 509 g/mol. The minimum atomic E-state index is -2.01. The number of pyridine rings is 1. The number of nitrogens with zero attached hydrogens (tertiary/aromatic N) is 1. The molecule has 1 saturated heterocycles. The molecule has 2 heterocycles. The number of aromatic nitrogens is 1. The Balaban J connectivity index is 1.43. The average Bonchev–Trinajstić information content (AvgIpc) is 3.35. The van der Waals surface area contributed by atoms with Gasteiger partial charge in [-0.3, -0.25) is 4.79 Å². The van der Waals surface area contributed by atoms with E-state index in [9.17, 15) is 14.7 Å². The van der Waals surface area contributed by atoms with Gasteiger partial charge in [-0.25, -0.2) is 9.18 Å². The Morgan fingerprint density at radius 1 is 1.32 bits per heavy atom. The van der Waals surface area contributed by atoms with E-state index in [2.05, 4.69) is 0 Å². The molecule has 6 rings (SSSR count). The normalized spacial score (nSPS) is 45.0. The van der Waals surface area contributed by atoms with Gasteiger partial charge < -0.3 is 19.4 Å². The fourth-order valence-corrected chi connectivity index (χ4v) is 8.56. The van der Waals surface area contributed by atoms with Crippen molar-refractivity contribution in [2.45, 2.75) is 89.1 Å². The zero-order valence-electron chi connectivity index (χ0n) is 21.9. The highest BCUT2D eigenvalue weighted by Crippen LogP contribution is 2.71. The molecular formula is C29H34FNO6S. The molecule has 7 nitrogen and oxygen atoms in total. The van der Waals surface area contributed by atoms with Crippen molar-refractivity contribution in [3.8, 4) is 0 Å². The van der Waals surface area contributed by atoms with E-state index in [1.807, 2.05) is 13.8 Å². The molecule has 0 bridgehead atoms. The van der Waals surface area contributed by atoms with E-state index in [1.54, 1.807) is 37.4 Å². The van der Waals surface area contributed by atoms with E-state index in [0.29, 0.717) is 35.9 Å². The van der Waals surface area contributed by atoms with E-state index in [0.717, 1.165) is 6.42 Å². The fourth-order valence-electron chi connectivity index (χ4n) is 8.39. The SMILES string of the molecule is CCC[C@@H]1O[C@@H]2C[C@H]3[C@@H]4CCC5=CC(=O)C=C[C@]5(C)[C@@]4(F)[C@@H](O)C[C@]3(C)[C@]2(C(=O)On2ccccc2=S)O1. The maximum Gasteiger partial charge on any atom is 0.367 e. The lowest BCUT2D eigenvalue weighted by Gasteiger charge is -2.62. The second kappa shape index (κ2) is 8.65. The third-order valence-corrected chi connectivity index (χ3v) is 10.5. The van der Waals surface area contributed by atoms with Gasteiger partial charge in [0.15, 0.2) is 17.7 Å². The first-order chi connectivity index (χ1) is 18.0. The summed E-state index contributed by atoms with van der Waals surface area (Å²) in [5.74, 6) is -1.68. The van der Waals surface area contributed by atoms with E-state index in [-0.39, 0.29) is 18.1 Å². The van der Waals surface area contributed by atoms with Gasteiger partial charge in [0.25, 0.3) is 0 Å². The van der Waals surface area contributed by atoms with Crippen LogP contribution in [0.3, 0.4) is 0 Å². The number of hydrogen-bond donors (Lipinski definition) is 1. The Bertz CT molecular complexity index is 1310. The van der Waals surface area contributed by atoms with Crippen molar-refractivity contribution < 1.29 is 33.4 Å². The van der Waals surface area contributed by atoms with Crippen molar-refractivity contribution in [2.24, 2.45) is 22.7 Å². The molecule has 204 valence electrons. The maximum absolute atomic E-state index is 17.5. The summed E-state index contributed by atoms with van der Waals surface area (Å²) in [5.41, 5.74) is -4.89. The highest BCUT2D eigenvalue weighted by atomic mass is 32.1. The Kier molecular flexibility index (Phi) is 5.93. The summed E-state index contributed by atoms with van der Waals surface area (Å²) < 4.78 is 31.9. The van der Waals surface area contributed by atoms with Gasteiger partial charge in [-0.1, -0.05) is 50.2 Å². The molecule has 1 aliphatic heterocycles. The zero-order valence-corrected chi connectivity index (χ0v) is 22.7. The summed E-state index contributed by atoms with van der Waals surface area (Å²) in [5, 5.41) is 11.7. The molecule has 1 aromatic rings. The molecule has 0 radical (unpaired) electrons. The van der Waals surface area contributed by atoms with E-state index in [4.69, 9.17) is 26.5 Å². The predicted octanol–water partition coefficient (Wildman–Crippen LogP) is 4.43. The third-order valence-electron chi connectivity index (χ3n) is 10.2. The molecule has 1 N–H and O–H groups in total. The standard InChI is InChI=1S/C29H34FNO6S/c1-4-7-24-35-22-15-20-19-10-9-17-14-18(32)11-12-26(17,2)28(19,30)21(33)16-27(20,3)29(22,36-24)25(34)37-31-13-6-5-8-23(31)38/h5-6,8,11-14,19-22,24,33H,4,7,9-10,15-16H2,1-3H3/t19-,20-,21-,22+,24+,26-,27-,28-,29-/m0/s1. The molecule has 9 atom stereocenters. The van der Waals surface area contributed by atoms with Gasteiger partial charge in [0, 0.05) is 22.9 Å². The molecule has 0 amide bonds. The number of aliphatic hydroxyl groups excluding tert-OH is 1. The minimum Gasteiger partial charge on any atom is -0.390 e. The molecule has 5 aliphatic rings. The third kappa shape index (κ3) is 3.19. The molecule has 3 saturated carbocycles. The monoisotopic (exact) mass is 543 g/mol. The average molecular weight is 544 g/mol. The molecule has 4 aliphatic carbocycles. The number of carbonyl (C=O) groups excluding carboxylic acids is 2. The number of carbonyl (C=O) groups is 2. The van der Waals surface area contributed by atoms with Gasteiger partial charge in [-0.05, 0) is 69.2 Å². The summed E-state index contributed by atoms with van der Waals surface area (Å²) in [6.45, 7) is 5.70. The quantitative estimate of drug-likeness (QED) is 0.562. The number of ketones is 1. The van der Waals surface area contributed by atoms with Crippen molar-refractivity contribution in [3.63, 3.8) is 0 Å². The van der Waals surface area contributed by atoms with Crippen LogP contribution < -0.4 is 4.84 Å². The summed E-state index contributed by atoms with van der Waals surface area (Å²) in [4.78, 5) is 32.1. The van der Waals surface area contributed by atoms with Crippen LogP contribution in [-0.2, 0) is 19.1 Å². The van der Waals surface area contributed by atoms with Crippen LogP contribution in [0.15, 0.2) is 48.2 Å². The topological polar surface area (TPSA) is 87.0 Å². The van der Waals surface area contributed by atoms with Crippen molar-refractivity contribution in [3.05, 3.63) is 52.8 Å². The van der Waals surface area contributed by atoms with Crippen LogP contribution in [0.25, 0.3) is 0 Å². The highest BCUT2D eigenvalue weighted by Gasteiger charge is 2.80. The molecule has 0 aromatic carbocycles. The number of aliphatic hydroxyl groups is 1.